The molecule has 0 spiro atoms. The highest BCUT2D eigenvalue weighted by molar-refractivity contribution is 5.98. The summed E-state index contributed by atoms with van der Waals surface area (Å²) in [7, 11) is 0. The summed E-state index contributed by atoms with van der Waals surface area (Å²) in [5.41, 5.74) is 7.64. The highest BCUT2D eigenvalue weighted by Crippen LogP contribution is 2.27. The van der Waals surface area contributed by atoms with Crippen molar-refractivity contribution >= 4 is 47.0 Å². The van der Waals surface area contributed by atoms with Crippen LogP contribution in [0.25, 0.3) is 0 Å². The maximum atomic E-state index is 14.3. The van der Waals surface area contributed by atoms with Gasteiger partial charge in [0.15, 0.2) is 5.78 Å². The van der Waals surface area contributed by atoms with Gasteiger partial charge in [0.2, 0.25) is 29.5 Å². The number of halogens is 2. The Morgan fingerprint density at radius 2 is 1.48 bits per heavy atom. The number of hydrogen-bond donors (Lipinski definition) is 6. The van der Waals surface area contributed by atoms with Gasteiger partial charge in [-0.15, -0.1) is 0 Å². The van der Waals surface area contributed by atoms with Gasteiger partial charge >= 0.3 is 6.03 Å². The summed E-state index contributed by atoms with van der Waals surface area (Å²) < 4.78 is 28.3. The van der Waals surface area contributed by atoms with E-state index in [2.05, 4.69) is 21.3 Å². The van der Waals surface area contributed by atoms with E-state index in [-0.39, 0.29) is 43.2 Å². The van der Waals surface area contributed by atoms with Crippen LogP contribution in [-0.2, 0) is 35.2 Å². The van der Waals surface area contributed by atoms with Crippen molar-refractivity contribution in [3.8, 4) is 0 Å². The molecule has 3 aliphatic heterocycles. The molecule has 3 fully saturated rings. The van der Waals surface area contributed by atoms with Crippen LogP contribution in [0.2, 0.25) is 0 Å². The molecule has 3 aliphatic rings. The fourth-order valence-corrected chi connectivity index (χ4v) is 8.26. The Labute approximate surface area is 347 Å². The molecule has 0 saturated carbocycles. The van der Waals surface area contributed by atoms with Gasteiger partial charge in [0, 0.05) is 43.9 Å². The number of aryl methyl sites for hydroxylation is 1. The first-order chi connectivity index (χ1) is 28.3. The number of aliphatic hydroxyl groups is 1. The molecule has 0 aliphatic carbocycles. The number of anilines is 1. The smallest absolute Gasteiger partial charge is 0.319 e. The lowest BCUT2D eigenvalue weighted by atomic mass is 9.98. The van der Waals surface area contributed by atoms with Gasteiger partial charge < -0.3 is 46.8 Å². The van der Waals surface area contributed by atoms with Crippen molar-refractivity contribution in [3.05, 3.63) is 65.2 Å². The molecule has 3 saturated heterocycles. The minimum atomic E-state index is -1.66. The van der Waals surface area contributed by atoms with E-state index in [0.717, 1.165) is 22.6 Å². The fraction of sp³-hybridized carbons (Fsp3) is 0.548. The Bertz CT molecular complexity index is 1930. The molecular weight excluding hydrogens is 783 g/mol. The van der Waals surface area contributed by atoms with Crippen LogP contribution in [0.3, 0.4) is 0 Å². The van der Waals surface area contributed by atoms with Crippen molar-refractivity contribution in [1.29, 1.82) is 0 Å². The van der Waals surface area contributed by atoms with Crippen molar-refractivity contribution in [2.75, 3.05) is 25.0 Å². The average molecular weight is 839 g/mol. The summed E-state index contributed by atoms with van der Waals surface area (Å²) in [6.07, 6.45) is 0.0738. The number of benzene rings is 2. The van der Waals surface area contributed by atoms with Crippen LogP contribution < -0.4 is 27.0 Å². The van der Waals surface area contributed by atoms with Crippen molar-refractivity contribution in [3.63, 3.8) is 0 Å². The van der Waals surface area contributed by atoms with Crippen LogP contribution in [0.4, 0.5) is 19.3 Å². The van der Waals surface area contributed by atoms with E-state index >= 15 is 0 Å². The number of rotatable bonds is 13. The topological polar surface area (TPSA) is 224 Å². The Balaban J connectivity index is 1.31. The molecule has 326 valence electrons. The van der Waals surface area contributed by atoms with Gasteiger partial charge in [-0.3, -0.25) is 28.8 Å². The number of urea groups is 1. The molecular formula is C42H56F2N8O8. The van der Waals surface area contributed by atoms with E-state index in [1.807, 2.05) is 13.8 Å². The van der Waals surface area contributed by atoms with Gasteiger partial charge in [-0.05, 0) is 95.5 Å². The zero-order valence-corrected chi connectivity index (χ0v) is 34.6. The standard InChI is InChI=1S/C42H56F2N8O8/c1-22-9-11-31(12-10-22)47-42(60)48-32(17-27-15-28(43)18-29(44)16-27)37(55)49-36(26(5)54)41(59)52-21-30(45)19-35(52)40(58)50-13-7-6-8-33(50)38(56)46-24(3)39(57)51-20-23(2)14-34(51)25(4)53/h9-12,15-16,18,23-24,26,30,32-36,54H,6-8,13-14,17,19-21,45H2,1-5H3,(H,46,56)(H,49,55)(H2,47,48,60)/t23-,24+,26+,30+,32+,33+,34+,35+,36+/m1/s1. The number of hydrogen-bond acceptors (Lipinski definition) is 9. The van der Waals surface area contributed by atoms with Crippen molar-refractivity contribution in [1.82, 2.24) is 30.7 Å². The number of nitrogens with two attached hydrogens (primary N) is 1. The molecule has 60 heavy (non-hydrogen) atoms. The van der Waals surface area contributed by atoms with Crippen LogP contribution >= 0.6 is 0 Å². The van der Waals surface area contributed by atoms with Crippen LogP contribution in [-0.4, -0.2) is 129 Å². The quantitative estimate of drug-likeness (QED) is 0.172. The van der Waals surface area contributed by atoms with Crippen LogP contribution in [0.15, 0.2) is 42.5 Å². The number of Topliss-reactive ketones (excluding diaryl/α,β-unsaturated/α-hetero) is 1. The van der Waals surface area contributed by atoms with Crippen molar-refractivity contribution in [2.24, 2.45) is 11.7 Å². The number of carbonyl (C=O) groups is 7. The highest BCUT2D eigenvalue weighted by Gasteiger charge is 2.46. The summed E-state index contributed by atoms with van der Waals surface area (Å²) in [5, 5.41) is 21.2. The second-order valence-electron chi connectivity index (χ2n) is 16.5. The zero-order chi connectivity index (χ0) is 44.0. The number of ketones is 1. The molecule has 5 rings (SSSR count). The lowest BCUT2D eigenvalue weighted by molar-refractivity contribution is -0.152. The number of piperidine rings is 1. The average Bonchev–Trinajstić information content (AvgIpc) is 3.78. The third-order valence-corrected chi connectivity index (χ3v) is 11.3. The SMILES string of the molecule is CC(=O)[C@@H]1C[C@@H](C)CN1C(=O)[C@H](C)NC(=O)[C@@H]1CCCCN1C(=O)[C@@H]1C[C@H](N)CN1C(=O)[C@@H](NC(=O)[C@H](Cc1cc(F)cc(F)c1)NC(=O)Nc1ccc(C)cc1)[C@H](C)O. The largest absolute Gasteiger partial charge is 0.391 e. The molecule has 0 bridgehead atoms. The summed E-state index contributed by atoms with van der Waals surface area (Å²) in [5.74, 6) is -5.23. The first-order valence-corrected chi connectivity index (χ1v) is 20.4. The minimum Gasteiger partial charge on any atom is -0.391 e. The third kappa shape index (κ3) is 11.2. The molecule has 7 N–H and O–H groups in total. The van der Waals surface area contributed by atoms with E-state index in [0.29, 0.717) is 37.6 Å². The van der Waals surface area contributed by atoms with Gasteiger partial charge in [-0.1, -0.05) is 24.6 Å². The maximum Gasteiger partial charge on any atom is 0.319 e. The number of carbonyl (C=O) groups excluding carboxylic acids is 7. The lowest BCUT2D eigenvalue weighted by Crippen LogP contribution is -2.62. The monoisotopic (exact) mass is 838 g/mol. The van der Waals surface area contributed by atoms with E-state index in [1.54, 1.807) is 24.3 Å². The number of likely N-dealkylation sites (tertiary alicyclic amines) is 3. The molecule has 16 nitrogen and oxygen atoms in total. The lowest BCUT2D eigenvalue weighted by Gasteiger charge is -2.39. The van der Waals surface area contributed by atoms with Gasteiger partial charge in [-0.2, -0.15) is 0 Å². The van der Waals surface area contributed by atoms with E-state index in [1.165, 1.54) is 30.6 Å². The number of aliphatic hydroxyl groups excluding tert-OH is 1. The fourth-order valence-electron chi connectivity index (χ4n) is 8.26. The van der Waals surface area contributed by atoms with Crippen molar-refractivity contribution < 1.29 is 47.4 Å². The van der Waals surface area contributed by atoms with Gasteiger partial charge in [0.05, 0.1) is 12.1 Å². The zero-order valence-electron chi connectivity index (χ0n) is 34.6. The number of amides is 7. The highest BCUT2D eigenvalue weighted by atomic mass is 19.1. The summed E-state index contributed by atoms with van der Waals surface area (Å²) in [4.78, 5) is 99.0. The Kier molecular flexibility index (Phi) is 15.0. The summed E-state index contributed by atoms with van der Waals surface area (Å²) in [6, 6.07) is 1.01. The molecule has 3 heterocycles. The molecule has 0 radical (unpaired) electrons. The summed E-state index contributed by atoms with van der Waals surface area (Å²) in [6.45, 7) is 8.44. The molecule has 0 aromatic heterocycles. The second kappa shape index (κ2) is 19.7. The second-order valence-corrected chi connectivity index (χ2v) is 16.5. The van der Waals surface area contributed by atoms with Crippen LogP contribution in [0.1, 0.15) is 70.9 Å². The molecule has 2 aromatic carbocycles. The molecule has 2 aromatic rings. The number of nitrogens with one attached hydrogen (secondary N) is 4. The Morgan fingerprint density at radius 3 is 2.12 bits per heavy atom. The van der Waals surface area contributed by atoms with E-state index in [4.69, 9.17) is 5.73 Å². The molecule has 18 heteroatoms. The Morgan fingerprint density at radius 1 is 0.833 bits per heavy atom. The summed E-state index contributed by atoms with van der Waals surface area (Å²) >= 11 is 0. The van der Waals surface area contributed by atoms with Crippen LogP contribution in [0.5, 0.6) is 0 Å². The van der Waals surface area contributed by atoms with Crippen LogP contribution in [0, 0.1) is 24.5 Å². The van der Waals surface area contributed by atoms with E-state index in [9.17, 15) is 47.4 Å². The Hall–Kier alpha value is -5.49. The third-order valence-electron chi connectivity index (χ3n) is 11.3. The van der Waals surface area contributed by atoms with Gasteiger partial charge in [0.25, 0.3) is 0 Å². The maximum absolute atomic E-state index is 14.3. The normalized spacial score (nSPS) is 23.6. The van der Waals surface area contributed by atoms with Gasteiger partial charge in [0.1, 0.15) is 41.8 Å². The van der Waals surface area contributed by atoms with E-state index < -0.39 is 102 Å². The minimum absolute atomic E-state index is 0.0128. The van der Waals surface area contributed by atoms with Crippen molar-refractivity contribution in [2.45, 2.75) is 122 Å². The molecule has 9 atom stereocenters. The molecule has 0 unspecified atom stereocenters. The first kappa shape index (κ1) is 45.6. The number of nitrogens with zero attached hydrogens (tertiary/aromatic N) is 3. The van der Waals surface area contributed by atoms with Gasteiger partial charge in [-0.25, -0.2) is 13.6 Å². The predicted octanol–water partition coefficient (Wildman–Crippen LogP) is 1.51. The molecule has 7 amide bonds. The predicted molar refractivity (Wildman–Crippen MR) is 216 cm³/mol. The first-order valence-electron chi connectivity index (χ1n) is 20.4.